The van der Waals surface area contributed by atoms with E-state index in [-0.39, 0.29) is 25.0 Å². The summed E-state index contributed by atoms with van der Waals surface area (Å²) in [5, 5.41) is 4.15. The lowest BCUT2D eigenvalue weighted by molar-refractivity contribution is -0.0661. The summed E-state index contributed by atoms with van der Waals surface area (Å²) in [7, 11) is 0. The molecule has 2 aliphatic rings. The largest absolute Gasteiger partial charge is 0.382 e. The molecule has 11 heteroatoms. The van der Waals surface area contributed by atoms with E-state index >= 15 is 0 Å². The van der Waals surface area contributed by atoms with E-state index < -0.39 is 5.92 Å². The lowest BCUT2D eigenvalue weighted by atomic mass is 10.1. The Morgan fingerprint density at radius 2 is 1.86 bits per heavy atom. The maximum absolute atomic E-state index is 12.8. The number of hydrogen-bond donors (Lipinski definition) is 2. The molecule has 1 saturated carbocycles. The quantitative estimate of drug-likeness (QED) is 0.451. The second-order valence-electron chi connectivity index (χ2n) is 9.70. The number of nitrogens with two attached hydrogens (primary N) is 2. The Morgan fingerprint density at radius 3 is 2.54 bits per heavy atom. The van der Waals surface area contributed by atoms with Crippen LogP contribution in [-0.2, 0) is 0 Å². The standard InChI is InChI=1S/C16H18N8.C8H13F2N/c1-8(2)24-9(3)19-12-5-4-11(20-15(12)24)10-6-7-23-13(10)14(17)21-16(18)22-23;9-8(10)4-1-5-11(6-8)7-2-3-7/h4-8H,1-3H3,(H4,17,18,21,22);7H,1-6H2. The molecule has 1 saturated heterocycles. The first kappa shape index (κ1) is 23.4. The van der Waals surface area contributed by atoms with Crippen molar-refractivity contribution in [2.45, 2.75) is 64.5 Å². The van der Waals surface area contributed by atoms with Crippen LogP contribution < -0.4 is 11.5 Å². The zero-order chi connectivity index (χ0) is 24.9. The van der Waals surface area contributed by atoms with Crippen molar-refractivity contribution in [1.29, 1.82) is 0 Å². The molecule has 0 radical (unpaired) electrons. The first-order valence-corrected chi connectivity index (χ1v) is 12.0. The van der Waals surface area contributed by atoms with Crippen LogP contribution in [0.1, 0.15) is 51.4 Å². The maximum atomic E-state index is 12.8. The van der Waals surface area contributed by atoms with Crippen LogP contribution in [0, 0.1) is 6.92 Å². The third-order valence-corrected chi connectivity index (χ3v) is 6.55. The van der Waals surface area contributed by atoms with Crippen LogP contribution >= 0.6 is 0 Å². The normalized spacial score (nSPS) is 18.2. The molecular formula is C24H31F2N9. The Bertz CT molecular complexity index is 1370. The molecule has 1 aliphatic heterocycles. The molecule has 4 aromatic heterocycles. The van der Waals surface area contributed by atoms with Crippen LogP contribution in [0.5, 0.6) is 0 Å². The van der Waals surface area contributed by atoms with Gasteiger partial charge in [-0.2, -0.15) is 4.98 Å². The summed E-state index contributed by atoms with van der Waals surface area (Å²) in [6.07, 6.45) is 4.84. The van der Waals surface area contributed by atoms with Gasteiger partial charge in [0.25, 0.3) is 5.92 Å². The molecule has 0 bridgehead atoms. The Morgan fingerprint density at radius 1 is 1.09 bits per heavy atom. The van der Waals surface area contributed by atoms with E-state index in [1.54, 1.807) is 10.7 Å². The van der Waals surface area contributed by atoms with Crippen LogP contribution in [0.15, 0.2) is 24.4 Å². The van der Waals surface area contributed by atoms with Crippen molar-refractivity contribution in [3.63, 3.8) is 0 Å². The number of piperidine rings is 1. The van der Waals surface area contributed by atoms with Gasteiger partial charge in [0.15, 0.2) is 11.5 Å². The van der Waals surface area contributed by atoms with Crippen LogP contribution in [0.25, 0.3) is 27.9 Å². The molecule has 4 aromatic rings. The third-order valence-electron chi connectivity index (χ3n) is 6.55. The minimum Gasteiger partial charge on any atom is -0.382 e. The summed E-state index contributed by atoms with van der Waals surface area (Å²) in [6, 6.07) is 6.60. The van der Waals surface area contributed by atoms with Crippen molar-refractivity contribution in [2.24, 2.45) is 0 Å². The predicted octanol–water partition coefficient (Wildman–Crippen LogP) is 4.07. The van der Waals surface area contributed by atoms with Crippen LogP contribution in [-0.4, -0.2) is 59.1 Å². The Balaban J connectivity index is 0.000000192. The predicted molar refractivity (Wildman–Crippen MR) is 132 cm³/mol. The lowest BCUT2D eigenvalue weighted by Crippen LogP contribution is -2.43. The van der Waals surface area contributed by atoms with Crippen LogP contribution in [0.4, 0.5) is 20.5 Å². The number of imidazole rings is 1. The van der Waals surface area contributed by atoms with E-state index in [0.29, 0.717) is 23.8 Å². The summed E-state index contributed by atoms with van der Waals surface area (Å²) in [6.45, 7) is 7.12. The number of fused-ring (bicyclic) bond motifs is 2. The first-order chi connectivity index (χ1) is 16.6. The van der Waals surface area contributed by atoms with E-state index in [0.717, 1.165) is 47.6 Å². The molecule has 6 rings (SSSR count). The molecule has 4 N–H and O–H groups in total. The van der Waals surface area contributed by atoms with Crippen molar-refractivity contribution in [3.05, 3.63) is 30.2 Å². The number of aryl methyl sites for hydroxylation is 1. The molecule has 1 aliphatic carbocycles. The molecule has 2 fully saturated rings. The number of hydrogen-bond acceptors (Lipinski definition) is 7. The van der Waals surface area contributed by atoms with Gasteiger partial charge in [0.2, 0.25) is 5.95 Å². The smallest absolute Gasteiger partial charge is 0.260 e. The minimum absolute atomic E-state index is 0.0116. The van der Waals surface area contributed by atoms with Gasteiger partial charge in [0, 0.05) is 30.3 Å². The number of aromatic nitrogens is 6. The Hall–Kier alpha value is -3.34. The topological polar surface area (TPSA) is 116 Å². The van der Waals surface area contributed by atoms with Gasteiger partial charge in [-0.05, 0) is 64.8 Å². The SMILES string of the molecule is Cc1nc2ccc(-c3ccn4nc(N)nc(N)c34)nc2n1C(C)C.FC1(F)CCCN(C2CC2)C1. The highest BCUT2D eigenvalue weighted by atomic mass is 19.3. The summed E-state index contributed by atoms with van der Waals surface area (Å²) >= 11 is 0. The average Bonchev–Trinajstić information content (AvgIpc) is 3.45. The van der Waals surface area contributed by atoms with Crippen molar-refractivity contribution < 1.29 is 8.78 Å². The number of likely N-dealkylation sites (tertiary alicyclic amines) is 1. The highest BCUT2D eigenvalue weighted by Gasteiger charge is 2.40. The molecule has 35 heavy (non-hydrogen) atoms. The fourth-order valence-electron chi connectivity index (χ4n) is 4.88. The Labute approximate surface area is 202 Å². The Kier molecular flexibility index (Phi) is 5.82. The zero-order valence-electron chi connectivity index (χ0n) is 20.2. The molecule has 0 unspecified atom stereocenters. The van der Waals surface area contributed by atoms with Gasteiger partial charge >= 0.3 is 0 Å². The summed E-state index contributed by atoms with van der Waals surface area (Å²) in [5.41, 5.74) is 15.8. The molecule has 5 heterocycles. The second-order valence-corrected chi connectivity index (χ2v) is 9.70. The second kappa shape index (κ2) is 8.71. The van der Waals surface area contributed by atoms with Gasteiger partial charge in [-0.25, -0.2) is 23.3 Å². The summed E-state index contributed by atoms with van der Waals surface area (Å²) in [5.74, 6) is -0.986. The van der Waals surface area contributed by atoms with E-state index in [2.05, 4.69) is 33.5 Å². The van der Waals surface area contributed by atoms with Crippen molar-refractivity contribution in [1.82, 2.24) is 34.0 Å². The first-order valence-electron chi connectivity index (χ1n) is 12.0. The van der Waals surface area contributed by atoms with Crippen LogP contribution in [0.2, 0.25) is 0 Å². The molecule has 186 valence electrons. The van der Waals surface area contributed by atoms with Gasteiger partial charge in [-0.15, -0.1) is 5.10 Å². The fourth-order valence-corrected chi connectivity index (χ4v) is 4.88. The maximum Gasteiger partial charge on any atom is 0.260 e. The van der Waals surface area contributed by atoms with Gasteiger partial charge in [-0.1, -0.05) is 0 Å². The highest BCUT2D eigenvalue weighted by molar-refractivity contribution is 5.88. The summed E-state index contributed by atoms with van der Waals surface area (Å²) in [4.78, 5) is 15.4. The van der Waals surface area contributed by atoms with Crippen LogP contribution in [0.3, 0.4) is 0 Å². The number of halogens is 2. The molecule has 0 spiro atoms. The van der Waals surface area contributed by atoms with Gasteiger partial charge < -0.3 is 16.0 Å². The fraction of sp³-hybridized carbons (Fsp3) is 0.500. The van der Waals surface area contributed by atoms with Crippen molar-refractivity contribution in [2.75, 3.05) is 24.6 Å². The summed E-state index contributed by atoms with van der Waals surface area (Å²) < 4.78 is 29.4. The van der Waals surface area contributed by atoms with Gasteiger partial charge in [0.1, 0.15) is 16.9 Å². The zero-order valence-corrected chi connectivity index (χ0v) is 20.2. The monoisotopic (exact) mass is 483 g/mol. The van der Waals surface area contributed by atoms with E-state index in [1.165, 1.54) is 0 Å². The number of rotatable bonds is 3. The van der Waals surface area contributed by atoms with E-state index in [4.69, 9.17) is 16.5 Å². The number of nitrogen functional groups attached to an aromatic ring is 2. The number of anilines is 2. The molecule has 0 aromatic carbocycles. The third kappa shape index (κ3) is 4.64. The number of alkyl halides is 2. The molecule has 0 amide bonds. The number of pyridine rings is 1. The molecule has 9 nitrogen and oxygen atoms in total. The highest BCUT2D eigenvalue weighted by Crippen LogP contribution is 2.34. The average molecular weight is 484 g/mol. The van der Waals surface area contributed by atoms with Crippen molar-refractivity contribution in [3.8, 4) is 11.3 Å². The van der Waals surface area contributed by atoms with Crippen molar-refractivity contribution >= 4 is 28.4 Å². The lowest BCUT2D eigenvalue weighted by Gasteiger charge is -2.32. The molecular weight excluding hydrogens is 452 g/mol. The van der Waals surface area contributed by atoms with Gasteiger partial charge in [0.05, 0.1) is 12.2 Å². The number of nitrogens with zero attached hydrogens (tertiary/aromatic N) is 7. The minimum atomic E-state index is -2.40. The van der Waals surface area contributed by atoms with E-state index in [1.807, 2.05) is 30.0 Å². The molecule has 0 atom stereocenters. The van der Waals surface area contributed by atoms with E-state index in [9.17, 15) is 8.78 Å². The van der Waals surface area contributed by atoms with Gasteiger partial charge in [-0.3, -0.25) is 4.90 Å².